The maximum Gasteiger partial charge on any atom is 0.133 e. The standard InChI is InChI=1S/C32H37P/c1-4-14-25(15-5-1)24-32(30-22-12-10-20-28(30)29-21-11-13-23-31(29)32)33(26-16-6-2-7-17-26)27-18-8-3-9-19-27/h1,4-5,10-15,20-23,26-27H,2-3,6-9,16-19,24H2/p+1. The maximum atomic E-state index is 2.52. The Balaban J connectivity index is 1.60. The molecular weight excluding hydrogens is 415 g/mol. The summed E-state index contributed by atoms with van der Waals surface area (Å²) in [6.07, 6.45) is 15.8. The minimum Gasteiger partial charge on any atom is -0.0622 e. The molecule has 3 aliphatic rings. The molecule has 0 radical (unpaired) electrons. The number of hydrogen-bond donors (Lipinski definition) is 0. The van der Waals surface area contributed by atoms with Gasteiger partial charge in [-0.25, -0.2) is 0 Å². The first-order valence-corrected chi connectivity index (χ1v) is 15.1. The summed E-state index contributed by atoms with van der Waals surface area (Å²) in [6, 6.07) is 30.5. The molecular formula is C32H38P+. The highest BCUT2D eigenvalue weighted by atomic mass is 31.1. The molecule has 2 saturated carbocycles. The van der Waals surface area contributed by atoms with Crippen LogP contribution in [0.3, 0.4) is 0 Å². The Morgan fingerprint density at radius 1 is 0.545 bits per heavy atom. The van der Waals surface area contributed by atoms with Gasteiger partial charge in [-0.15, -0.1) is 0 Å². The lowest BCUT2D eigenvalue weighted by molar-refractivity contribution is 0.474. The largest absolute Gasteiger partial charge is 0.133 e. The predicted molar refractivity (Wildman–Crippen MR) is 145 cm³/mol. The zero-order chi connectivity index (χ0) is 22.1. The summed E-state index contributed by atoms with van der Waals surface area (Å²) in [5.74, 6) is 0. The highest BCUT2D eigenvalue weighted by Gasteiger charge is 2.59. The lowest BCUT2D eigenvalue weighted by atomic mass is 9.88. The molecule has 3 aromatic rings. The lowest BCUT2D eigenvalue weighted by Gasteiger charge is -2.44. The minimum absolute atomic E-state index is 0.198. The van der Waals surface area contributed by atoms with Crippen molar-refractivity contribution in [2.24, 2.45) is 0 Å². The Kier molecular flexibility index (Phi) is 6.15. The molecule has 0 heterocycles. The summed E-state index contributed by atoms with van der Waals surface area (Å²) in [4.78, 5) is 0. The van der Waals surface area contributed by atoms with E-state index in [9.17, 15) is 0 Å². The van der Waals surface area contributed by atoms with E-state index >= 15 is 0 Å². The quantitative estimate of drug-likeness (QED) is 0.338. The first-order chi connectivity index (χ1) is 16.4. The van der Waals surface area contributed by atoms with Crippen molar-refractivity contribution in [1.29, 1.82) is 0 Å². The molecule has 0 N–H and O–H groups in total. The van der Waals surface area contributed by atoms with Crippen LogP contribution in [0.25, 0.3) is 11.1 Å². The number of benzene rings is 3. The maximum absolute atomic E-state index is 2.52. The first-order valence-electron chi connectivity index (χ1n) is 13.5. The van der Waals surface area contributed by atoms with E-state index in [0.29, 0.717) is 0 Å². The second-order valence-electron chi connectivity index (χ2n) is 10.8. The van der Waals surface area contributed by atoms with Crippen molar-refractivity contribution in [3.63, 3.8) is 0 Å². The van der Waals surface area contributed by atoms with Crippen LogP contribution in [0.4, 0.5) is 0 Å². The van der Waals surface area contributed by atoms with Crippen molar-refractivity contribution >= 4 is 7.92 Å². The molecule has 0 aromatic heterocycles. The van der Waals surface area contributed by atoms with E-state index in [4.69, 9.17) is 0 Å². The van der Waals surface area contributed by atoms with Gasteiger partial charge in [0.2, 0.25) is 0 Å². The van der Waals surface area contributed by atoms with Gasteiger partial charge in [0.15, 0.2) is 0 Å². The smallest absolute Gasteiger partial charge is 0.0622 e. The molecule has 0 bridgehead atoms. The van der Waals surface area contributed by atoms with Crippen LogP contribution in [0, 0.1) is 0 Å². The van der Waals surface area contributed by atoms with Crippen molar-refractivity contribution in [2.45, 2.75) is 87.1 Å². The van der Waals surface area contributed by atoms with E-state index in [1.54, 1.807) is 11.1 Å². The van der Waals surface area contributed by atoms with Gasteiger partial charge in [0, 0.05) is 25.5 Å². The van der Waals surface area contributed by atoms with Gasteiger partial charge in [-0.05, 0) is 68.1 Å². The van der Waals surface area contributed by atoms with Gasteiger partial charge >= 0.3 is 0 Å². The molecule has 0 unspecified atom stereocenters. The number of rotatable bonds is 5. The van der Waals surface area contributed by atoms with Crippen LogP contribution in [0.1, 0.15) is 80.9 Å². The Labute approximate surface area is 201 Å². The van der Waals surface area contributed by atoms with Gasteiger partial charge in [-0.3, -0.25) is 0 Å². The second-order valence-corrected chi connectivity index (χ2v) is 14.2. The molecule has 1 heteroatoms. The van der Waals surface area contributed by atoms with Crippen LogP contribution < -0.4 is 0 Å². The average Bonchev–Trinajstić information content (AvgIpc) is 3.17. The Hall–Kier alpha value is -1.91. The third-order valence-corrected chi connectivity index (χ3v) is 13.6. The molecule has 0 amide bonds. The Bertz CT molecular complexity index is 1010. The lowest BCUT2D eigenvalue weighted by Crippen LogP contribution is -2.36. The normalized spacial score (nSPS) is 20.5. The number of fused-ring (bicyclic) bond motifs is 3. The zero-order valence-corrected chi connectivity index (χ0v) is 20.9. The van der Waals surface area contributed by atoms with E-state index in [2.05, 4.69) is 78.9 Å². The third kappa shape index (κ3) is 3.80. The topological polar surface area (TPSA) is 0 Å². The van der Waals surface area contributed by atoms with Crippen LogP contribution in [0.5, 0.6) is 0 Å². The van der Waals surface area contributed by atoms with E-state index < -0.39 is 7.92 Å². The first kappa shape index (κ1) is 21.6. The minimum atomic E-state index is -0.704. The molecule has 33 heavy (non-hydrogen) atoms. The van der Waals surface area contributed by atoms with Crippen molar-refractivity contribution in [1.82, 2.24) is 0 Å². The molecule has 3 aromatic carbocycles. The van der Waals surface area contributed by atoms with Gasteiger partial charge < -0.3 is 0 Å². The fourth-order valence-corrected chi connectivity index (χ4v) is 13.3. The van der Waals surface area contributed by atoms with Crippen molar-refractivity contribution in [2.75, 3.05) is 0 Å². The second kappa shape index (κ2) is 9.38. The van der Waals surface area contributed by atoms with Crippen molar-refractivity contribution in [3.8, 4) is 11.1 Å². The Morgan fingerprint density at radius 3 is 1.52 bits per heavy atom. The zero-order valence-electron chi connectivity index (χ0n) is 19.9. The summed E-state index contributed by atoms with van der Waals surface area (Å²) in [5.41, 5.74) is 9.82. The van der Waals surface area contributed by atoms with E-state index in [1.807, 2.05) is 0 Å². The van der Waals surface area contributed by atoms with Gasteiger partial charge in [-0.1, -0.05) is 91.7 Å². The molecule has 0 nitrogen and oxygen atoms in total. The highest BCUT2D eigenvalue weighted by molar-refractivity contribution is 7.60. The molecule has 0 saturated heterocycles. The predicted octanol–water partition coefficient (Wildman–Crippen LogP) is 9.03. The average molecular weight is 454 g/mol. The fraction of sp³-hybridized carbons (Fsp3) is 0.438. The SMILES string of the molecule is c1ccc(CC2([PH+](C3CCCCC3)C3CCCCC3)c3ccccc3-c3ccccc32)cc1. The van der Waals surface area contributed by atoms with Crippen LogP contribution in [-0.4, -0.2) is 11.3 Å². The molecule has 0 aliphatic heterocycles. The summed E-state index contributed by atoms with van der Waals surface area (Å²) in [5, 5.41) is 0.198. The molecule has 0 atom stereocenters. The van der Waals surface area contributed by atoms with Crippen LogP contribution in [0.2, 0.25) is 0 Å². The van der Waals surface area contributed by atoms with Gasteiger partial charge in [0.05, 0.1) is 11.3 Å². The van der Waals surface area contributed by atoms with Crippen molar-refractivity contribution < 1.29 is 0 Å². The third-order valence-electron chi connectivity index (χ3n) is 8.96. The molecule has 2 fully saturated rings. The van der Waals surface area contributed by atoms with Crippen LogP contribution in [-0.2, 0) is 11.6 Å². The summed E-state index contributed by atoms with van der Waals surface area (Å²) < 4.78 is 0. The van der Waals surface area contributed by atoms with E-state index in [1.165, 1.54) is 87.3 Å². The van der Waals surface area contributed by atoms with E-state index in [-0.39, 0.29) is 5.16 Å². The highest BCUT2D eigenvalue weighted by Crippen LogP contribution is 2.74. The van der Waals surface area contributed by atoms with E-state index in [0.717, 1.165) is 11.3 Å². The number of hydrogen-bond acceptors (Lipinski definition) is 0. The molecule has 170 valence electrons. The molecule has 0 spiro atoms. The summed E-state index contributed by atoms with van der Waals surface area (Å²) in [6.45, 7) is 0. The molecule has 6 rings (SSSR count). The summed E-state index contributed by atoms with van der Waals surface area (Å²) in [7, 11) is -0.704. The van der Waals surface area contributed by atoms with Gasteiger partial charge in [0.1, 0.15) is 5.16 Å². The van der Waals surface area contributed by atoms with Crippen LogP contribution >= 0.6 is 7.92 Å². The monoisotopic (exact) mass is 453 g/mol. The Morgan fingerprint density at radius 2 is 1.00 bits per heavy atom. The summed E-state index contributed by atoms with van der Waals surface area (Å²) >= 11 is 0. The molecule has 3 aliphatic carbocycles. The fourth-order valence-electron chi connectivity index (χ4n) is 7.69. The van der Waals surface area contributed by atoms with Gasteiger partial charge in [-0.2, -0.15) is 0 Å². The van der Waals surface area contributed by atoms with Crippen molar-refractivity contribution in [3.05, 3.63) is 95.6 Å². The van der Waals surface area contributed by atoms with Gasteiger partial charge in [0.25, 0.3) is 0 Å². The van der Waals surface area contributed by atoms with Crippen LogP contribution in [0.15, 0.2) is 78.9 Å².